The summed E-state index contributed by atoms with van der Waals surface area (Å²) in [7, 11) is 1.79. The lowest BCUT2D eigenvalue weighted by atomic mass is 10.2. The van der Waals surface area contributed by atoms with Crippen molar-refractivity contribution in [2.45, 2.75) is 19.5 Å². The lowest BCUT2D eigenvalue weighted by Crippen LogP contribution is -2.35. The number of nitrogens with zero attached hydrogens (tertiary/aromatic N) is 6. The third-order valence-electron chi connectivity index (χ3n) is 5.30. The van der Waals surface area contributed by atoms with Crippen molar-refractivity contribution in [1.29, 1.82) is 0 Å². The van der Waals surface area contributed by atoms with E-state index >= 15 is 0 Å². The van der Waals surface area contributed by atoms with Gasteiger partial charge in [-0.2, -0.15) is 18.3 Å². The SMILES string of the molecule is Cc1cc(C(=O)N2CCCN(c3nccc4nc(C(F)(F)F)ccc34)CC2)nn1C.Cl. The zero-order valence-electron chi connectivity index (χ0n) is 17.1. The van der Waals surface area contributed by atoms with Gasteiger partial charge in [-0.05, 0) is 37.6 Å². The van der Waals surface area contributed by atoms with Crippen LogP contribution in [0.15, 0.2) is 30.5 Å². The van der Waals surface area contributed by atoms with Gasteiger partial charge in [-0.15, -0.1) is 12.4 Å². The van der Waals surface area contributed by atoms with Crippen LogP contribution in [0.5, 0.6) is 0 Å². The van der Waals surface area contributed by atoms with E-state index in [1.165, 1.54) is 18.3 Å². The van der Waals surface area contributed by atoms with E-state index in [-0.39, 0.29) is 23.8 Å². The highest BCUT2D eigenvalue weighted by atomic mass is 35.5. The van der Waals surface area contributed by atoms with E-state index in [0.29, 0.717) is 49.5 Å². The van der Waals surface area contributed by atoms with Crippen molar-refractivity contribution in [1.82, 2.24) is 24.6 Å². The fourth-order valence-corrected chi connectivity index (χ4v) is 3.61. The van der Waals surface area contributed by atoms with Crippen LogP contribution in [0.4, 0.5) is 19.0 Å². The first-order valence-corrected chi connectivity index (χ1v) is 9.62. The zero-order chi connectivity index (χ0) is 21.5. The summed E-state index contributed by atoms with van der Waals surface area (Å²) in [6, 6.07) is 5.63. The highest BCUT2D eigenvalue weighted by molar-refractivity contribution is 5.93. The van der Waals surface area contributed by atoms with Crippen molar-refractivity contribution >= 4 is 35.0 Å². The molecule has 0 atom stereocenters. The van der Waals surface area contributed by atoms with Crippen LogP contribution in [0, 0.1) is 6.92 Å². The molecule has 0 spiro atoms. The van der Waals surface area contributed by atoms with E-state index in [2.05, 4.69) is 15.1 Å². The van der Waals surface area contributed by atoms with Crippen LogP contribution in [-0.2, 0) is 13.2 Å². The Labute approximate surface area is 183 Å². The minimum Gasteiger partial charge on any atom is -0.354 e. The molecule has 1 fully saturated rings. The number of hydrogen-bond acceptors (Lipinski definition) is 5. The van der Waals surface area contributed by atoms with Crippen LogP contribution >= 0.6 is 12.4 Å². The molecule has 4 heterocycles. The van der Waals surface area contributed by atoms with Crippen LogP contribution in [-0.4, -0.2) is 56.7 Å². The Kier molecular flexibility index (Phi) is 6.40. The standard InChI is InChI=1S/C20H21F3N6O.ClH/c1-13-12-16(26-27(13)2)19(30)29-9-3-8-28(10-11-29)18-14-4-5-17(20(21,22)23)25-15(14)6-7-24-18;/h4-7,12H,3,8-11H2,1-2H3;1H. The van der Waals surface area contributed by atoms with Gasteiger partial charge in [-0.25, -0.2) is 9.97 Å². The summed E-state index contributed by atoms with van der Waals surface area (Å²) in [5.74, 6) is 0.458. The Hall–Kier alpha value is -2.88. The van der Waals surface area contributed by atoms with Crippen LogP contribution in [0.2, 0.25) is 0 Å². The molecule has 1 saturated heterocycles. The molecular formula is C20H22ClF3N6O. The smallest absolute Gasteiger partial charge is 0.354 e. The fraction of sp³-hybridized carbons (Fsp3) is 0.400. The van der Waals surface area contributed by atoms with Crippen molar-refractivity contribution in [3.8, 4) is 0 Å². The molecule has 1 amide bonds. The third kappa shape index (κ3) is 4.58. The first-order chi connectivity index (χ1) is 14.2. The maximum absolute atomic E-state index is 13.0. The molecule has 0 N–H and O–H groups in total. The lowest BCUT2D eigenvalue weighted by molar-refractivity contribution is -0.140. The molecule has 0 aliphatic carbocycles. The number of carbonyl (C=O) groups excluding carboxylic acids is 1. The first kappa shape index (κ1) is 22.8. The first-order valence-electron chi connectivity index (χ1n) is 9.62. The number of fused-ring (bicyclic) bond motifs is 1. The molecule has 11 heteroatoms. The van der Waals surface area contributed by atoms with E-state index in [4.69, 9.17) is 0 Å². The van der Waals surface area contributed by atoms with Crippen LogP contribution in [0.3, 0.4) is 0 Å². The number of halogens is 4. The number of aromatic nitrogens is 4. The molecule has 166 valence electrons. The maximum Gasteiger partial charge on any atom is 0.433 e. The van der Waals surface area contributed by atoms with Crippen molar-refractivity contribution in [2.24, 2.45) is 7.05 Å². The Balaban J connectivity index is 0.00000272. The summed E-state index contributed by atoms with van der Waals surface area (Å²) in [5, 5.41) is 4.82. The van der Waals surface area contributed by atoms with Gasteiger partial charge in [0.05, 0.1) is 5.52 Å². The van der Waals surface area contributed by atoms with Crippen molar-refractivity contribution < 1.29 is 18.0 Å². The molecule has 0 unspecified atom stereocenters. The van der Waals surface area contributed by atoms with Crippen LogP contribution < -0.4 is 4.90 Å². The Morgan fingerprint density at radius 1 is 1.10 bits per heavy atom. The average molecular weight is 455 g/mol. The molecule has 1 aliphatic heterocycles. The van der Waals surface area contributed by atoms with Gasteiger partial charge >= 0.3 is 6.18 Å². The molecule has 3 aromatic rings. The second kappa shape index (κ2) is 8.70. The number of carbonyl (C=O) groups is 1. The molecule has 0 aromatic carbocycles. The van der Waals surface area contributed by atoms with E-state index in [1.54, 1.807) is 22.7 Å². The number of hydrogen-bond donors (Lipinski definition) is 0. The van der Waals surface area contributed by atoms with Crippen molar-refractivity contribution in [2.75, 3.05) is 31.1 Å². The molecule has 0 bridgehead atoms. The monoisotopic (exact) mass is 454 g/mol. The van der Waals surface area contributed by atoms with Gasteiger partial charge in [0.2, 0.25) is 0 Å². The molecular weight excluding hydrogens is 433 g/mol. The Morgan fingerprint density at radius 3 is 2.55 bits per heavy atom. The summed E-state index contributed by atoms with van der Waals surface area (Å²) < 4.78 is 40.6. The third-order valence-corrected chi connectivity index (χ3v) is 5.30. The molecule has 0 radical (unpaired) electrons. The highest BCUT2D eigenvalue weighted by Crippen LogP contribution is 2.31. The largest absolute Gasteiger partial charge is 0.433 e. The van der Waals surface area contributed by atoms with E-state index in [1.807, 2.05) is 11.8 Å². The molecule has 4 rings (SSSR count). The highest BCUT2D eigenvalue weighted by Gasteiger charge is 2.33. The van der Waals surface area contributed by atoms with E-state index < -0.39 is 11.9 Å². The molecule has 1 aliphatic rings. The van der Waals surface area contributed by atoms with Crippen molar-refractivity contribution in [3.63, 3.8) is 0 Å². The van der Waals surface area contributed by atoms with E-state index in [0.717, 1.165) is 11.8 Å². The predicted octanol–water partition coefficient (Wildman–Crippen LogP) is 3.46. The lowest BCUT2D eigenvalue weighted by Gasteiger charge is -2.23. The topological polar surface area (TPSA) is 67.2 Å². The number of amides is 1. The molecule has 3 aromatic heterocycles. The van der Waals surface area contributed by atoms with Crippen LogP contribution in [0.1, 0.15) is 28.3 Å². The minimum atomic E-state index is -4.50. The summed E-state index contributed by atoms with van der Waals surface area (Å²) in [6.45, 7) is 4.09. The van der Waals surface area contributed by atoms with Gasteiger partial charge in [0.1, 0.15) is 11.5 Å². The fourth-order valence-electron chi connectivity index (χ4n) is 3.61. The number of anilines is 1. The second-order valence-electron chi connectivity index (χ2n) is 7.32. The molecule has 0 saturated carbocycles. The van der Waals surface area contributed by atoms with Gasteiger partial charge < -0.3 is 9.80 Å². The minimum absolute atomic E-state index is 0. The number of alkyl halides is 3. The summed E-state index contributed by atoms with van der Waals surface area (Å²) >= 11 is 0. The average Bonchev–Trinajstić information content (AvgIpc) is 2.91. The van der Waals surface area contributed by atoms with Gasteiger partial charge in [0.15, 0.2) is 5.69 Å². The molecule has 7 nitrogen and oxygen atoms in total. The quantitative estimate of drug-likeness (QED) is 0.593. The zero-order valence-corrected chi connectivity index (χ0v) is 17.9. The second-order valence-corrected chi connectivity index (χ2v) is 7.32. The van der Waals surface area contributed by atoms with E-state index in [9.17, 15) is 18.0 Å². The number of rotatable bonds is 2. The van der Waals surface area contributed by atoms with Gasteiger partial charge in [-0.1, -0.05) is 0 Å². The van der Waals surface area contributed by atoms with Crippen molar-refractivity contribution in [3.05, 3.63) is 47.5 Å². The number of aryl methyl sites for hydroxylation is 2. The molecule has 31 heavy (non-hydrogen) atoms. The van der Waals surface area contributed by atoms with Gasteiger partial charge in [0, 0.05) is 50.5 Å². The van der Waals surface area contributed by atoms with Gasteiger partial charge in [-0.3, -0.25) is 9.48 Å². The summed E-state index contributed by atoms with van der Waals surface area (Å²) in [4.78, 5) is 24.7. The van der Waals surface area contributed by atoms with Crippen LogP contribution in [0.25, 0.3) is 10.9 Å². The Morgan fingerprint density at radius 2 is 1.87 bits per heavy atom. The number of pyridine rings is 2. The predicted molar refractivity (Wildman–Crippen MR) is 112 cm³/mol. The summed E-state index contributed by atoms with van der Waals surface area (Å²) in [5.41, 5.74) is 0.637. The Bertz CT molecular complexity index is 1080. The normalized spacial score (nSPS) is 15.0. The van der Waals surface area contributed by atoms with Gasteiger partial charge in [0.25, 0.3) is 5.91 Å². The summed E-state index contributed by atoms with van der Waals surface area (Å²) in [6.07, 6.45) is -2.32. The maximum atomic E-state index is 13.0.